The number of halogens is 6. The van der Waals surface area contributed by atoms with E-state index in [9.17, 15) is 36.2 Å². The van der Waals surface area contributed by atoms with E-state index < -0.39 is 58.2 Å². The van der Waals surface area contributed by atoms with Gasteiger partial charge < -0.3 is 14.6 Å². The van der Waals surface area contributed by atoms with Crippen molar-refractivity contribution in [1.82, 2.24) is 0 Å². The molecular weight excluding hydrogens is 456 g/mol. The number of hydrogen-bond acceptors (Lipinski definition) is 4. The third-order valence-corrected chi connectivity index (χ3v) is 4.25. The van der Waals surface area contributed by atoms with Crippen molar-refractivity contribution in [3.8, 4) is 5.75 Å². The molecule has 0 heterocycles. The Morgan fingerprint density at radius 2 is 1.64 bits per heavy atom. The summed E-state index contributed by atoms with van der Waals surface area (Å²) in [5, 5.41) is 13.0. The zero-order chi connectivity index (χ0) is 25.2. The van der Waals surface area contributed by atoms with Gasteiger partial charge in [-0.15, -0.1) is 0 Å². The van der Waals surface area contributed by atoms with Crippen LogP contribution in [0.5, 0.6) is 5.75 Å². The van der Waals surface area contributed by atoms with Crippen molar-refractivity contribution in [3.05, 3.63) is 58.7 Å². The minimum Gasteiger partial charge on any atom is -0.493 e. The molecule has 0 saturated heterocycles. The van der Waals surface area contributed by atoms with Gasteiger partial charge >= 0.3 is 18.4 Å². The maximum atomic E-state index is 13.8. The smallest absolute Gasteiger partial charge is 0.420 e. The van der Waals surface area contributed by atoms with Gasteiger partial charge in [0.05, 0.1) is 17.9 Å². The van der Waals surface area contributed by atoms with Crippen LogP contribution in [-0.2, 0) is 17.1 Å². The predicted octanol–water partition coefficient (Wildman–Crippen LogP) is 6.55. The number of nitrogens with one attached hydrogen (secondary N) is 1. The number of aliphatic hydroxyl groups excluding tert-OH is 1. The molecule has 0 spiro atoms. The molecule has 5 nitrogen and oxygen atoms in total. The quantitative estimate of drug-likeness (QED) is 0.477. The summed E-state index contributed by atoms with van der Waals surface area (Å²) in [5.41, 5.74) is -5.19. The van der Waals surface area contributed by atoms with Crippen LogP contribution in [0.2, 0.25) is 0 Å². The van der Waals surface area contributed by atoms with Gasteiger partial charge in [-0.25, -0.2) is 4.79 Å². The molecule has 1 unspecified atom stereocenters. The zero-order valence-corrected chi connectivity index (χ0v) is 18.2. The molecule has 1 amide bonds. The summed E-state index contributed by atoms with van der Waals surface area (Å²) in [4.78, 5) is 12.1. The zero-order valence-electron chi connectivity index (χ0n) is 18.2. The lowest BCUT2D eigenvalue weighted by molar-refractivity contribution is -0.140. The van der Waals surface area contributed by atoms with Crippen LogP contribution in [0.1, 0.15) is 56.1 Å². The molecule has 0 saturated carbocycles. The Morgan fingerprint density at radius 3 is 2.15 bits per heavy atom. The molecule has 2 N–H and O–H groups in total. The van der Waals surface area contributed by atoms with Crippen LogP contribution < -0.4 is 10.1 Å². The molecule has 0 aromatic heterocycles. The van der Waals surface area contributed by atoms with Crippen molar-refractivity contribution in [2.24, 2.45) is 0 Å². The van der Waals surface area contributed by atoms with E-state index in [1.165, 1.54) is 13.0 Å². The molecule has 0 aliphatic heterocycles. The van der Waals surface area contributed by atoms with E-state index >= 15 is 0 Å². The molecule has 2 aromatic rings. The van der Waals surface area contributed by atoms with E-state index in [1.807, 2.05) is 0 Å². The van der Waals surface area contributed by atoms with Crippen LogP contribution in [0.25, 0.3) is 0 Å². The van der Waals surface area contributed by atoms with Gasteiger partial charge in [0.1, 0.15) is 23.0 Å². The topological polar surface area (TPSA) is 67.8 Å². The summed E-state index contributed by atoms with van der Waals surface area (Å²) < 4.78 is 91.4. The van der Waals surface area contributed by atoms with Crippen LogP contribution in [0, 0.1) is 0 Å². The number of benzene rings is 2. The number of alkyl halides is 6. The molecule has 33 heavy (non-hydrogen) atoms. The highest BCUT2D eigenvalue weighted by atomic mass is 19.4. The van der Waals surface area contributed by atoms with Crippen molar-refractivity contribution in [2.45, 2.75) is 51.8 Å². The number of aliphatic hydroxyl groups is 1. The van der Waals surface area contributed by atoms with Crippen molar-refractivity contribution in [2.75, 3.05) is 11.9 Å². The SMILES string of the molecule is CCOc1cccc(C(O)c2cc(C(F)(F)F)ccc2NC(=O)OC(C)(C)C)c1C(F)(F)F. The second-order valence-electron chi connectivity index (χ2n) is 7.98. The standard InChI is InChI=1S/C22H23F6NO4/c1-5-32-16-8-6-7-13(17(16)22(26,27)28)18(30)14-11-12(21(23,24)25)9-10-15(14)29-19(31)33-20(2,3)4/h6-11,18,30H,5H2,1-4H3,(H,29,31). The number of amides is 1. The molecule has 0 aliphatic rings. The summed E-state index contributed by atoms with van der Waals surface area (Å²) >= 11 is 0. The molecule has 2 rings (SSSR count). The van der Waals surface area contributed by atoms with E-state index in [1.54, 1.807) is 20.8 Å². The Labute approximate surface area is 186 Å². The van der Waals surface area contributed by atoms with Crippen LogP contribution in [0.4, 0.5) is 36.8 Å². The molecule has 1 atom stereocenters. The number of rotatable bonds is 5. The molecule has 0 bridgehead atoms. The van der Waals surface area contributed by atoms with E-state index in [0.717, 1.165) is 18.2 Å². The molecule has 0 aliphatic carbocycles. The van der Waals surface area contributed by atoms with Crippen molar-refractivity contribution < 1.29 is 45.7 Å². The van der Waals surface area contributed by atoms with E-state index in [4.69, 9.17) is 9.47 Å². The number of ether oxygens (including phenoxy) is 2. The average molecular weight is 479 g/mol. The van der Waals surface area contributed by atoms with Crippen molar-refractivity contribution >= 4 is 11.8 Å². The Morgan fingerprint density at radius 1 is 1.00 bits per heavy atom. The summed E-state index contributed by atoms with van der Waals surface area (Å²) in [6, 6.07) is 5.08. The first-order chi connectivity index (χ1) is 15.0. The van der Waals surface area contributed by atoms with Gasteiger partial charge in [-0.05, 0) is 52.0 Å². The Bertz CT molecular complexity index is 996. The highest BCUT2D eigenvalue weighted by molar-refractivity contribution is 5.86. The third kappa shape index (κ3) is 6.77. The van der Waals surface area contributed by atoms with E-state index in [0.29, 0.717) is 12.1 Å². The second kappa shape index (κ2) is 9.50. The van der Waals surface area contributed by atoms with E-state index in [-0.39, 0.29) is 12.3 Å². The number of anilines is 1. The predicted molar refractivity (Wildman–Crippen MR) is 108 cm³/mol. The number of hydrogen-bond donors (Lipinski definition) is 2. The molecule has 11 heteroatoms. The molecule has 2 aromatic carbocycles. The Hall–Kier alpha value is -2.95. The van der Waals surface area contributed by atoms with Crippen LogP contribution in [0.15, 0.2) is 36.4 Å². The number of carbonyl (C=O) groups excluding carboxylic acids is 1. The normalized spacial score (nSPS) is 13.4. The summed E-state index contributed by atoms with van der Waals surface area (Å²) in [6.07, 6.45) is -13.1. The summed E-state index contributed by atoms with van der Waals surface area (Å²) in [6.45, 7) is 5.98. The third-order valence-electron chi connectivity index (χ3n) is 4.25. The molecule has 0 radical (unpaired) electrons. The van der Waals surface area contributed by atoms with Gasteiger partial charge in [0.15, 0.2) is 0 Å². The van der Waals surface area contributed by atoms with Gasteiger partial charge in [0.25, 0.3) is 0 Å². The first-order valence-electron chi connectivity index (χ1n) is 9.76. The van der Waals surface area contributed by atoms with Gasteiger partial charge in [-0.2, -0.15) is 26.3 Å². The van der Waals surface area contributed by atoms with Gasteiger partial charge in [-0.1, -0.05) is 12.1 Å². The lowest BCUT2D eigenvalue weighted by Gasteiger charge is -2.24. The first-order valence-corrected chi connectivity index (χ1v) is 9.76. The highest BCUT2D eigenvalue weighted by Crippen LogP contribution is 2.44. The lowest BCUT2D eigenvalue weighted by atomic mass is 9.93. The summed E-state index contributed by atoms with van der Waals surface area (Å²) in [7, 11) is 0. The van der Waals surface area contributed by atoms with Gasteiger partial charge in [0, 0.05) is 11.1 Å². The lowest BCUT2D eigenvalue weighted by Crippen LogP contribution is -2.28. The Balaban J connectivity index is 2.66. The largest absolute Gasteiger partial charge is 0.493 e. The first kappa shape index (κ1) is 26.3. The van der Waals surface area contributed by atoms with Gasteiger partial charge in [0.2, 0.25) is 0 Å². The fourth-order valence-electron chi connectivity index (χ4n) is 3.02. The monoisotopic (exact) mass is 479 g/mol. The Kier molecular flexibility index (Phi) is 7.57. The van der Waals surface area contributed by atoms with Crippen molar-refractivity contribution in [1.29, 1.82) is 0 Å². The second-order valence-corrected chi connectivity index (χ2v) is 7.98. The number of carbonyl (C=O) groups is 1. The van der Waals surface area contributed by atoms with Crippen molar-refractivity contribution in [3.63, 3.8) is 0 Å². The molecular formula is C22H23F6NO4. The minimum atomic E-state index is -4.98. The fraction of sp³-hybridized carbons (Fsp3) is 0.409. The molecule has 0 fully saturated rings. The van der Waals surface area contributed by atoms with Crippen LogP contribution in [0.3, 0.4) is 0 Å². The average Bonchev–Trinajstić information content (AvgIpc) is 2.64. The maximum absolute atomic E-state index is 13.8. The van der Waals surface area contributed by atoms with Crippen LogP contribution >= 0.6 is 0 Å². The van der Waals surface area contributed by atoms with Crippen LogP contribution in [-0.4, -0.2) is 23.4 Å². The maximum Gasteiger partial charge on any atom is 0.420 e. The molecule has 182 valence electrons. The fourth-order valence-corrected chi connectivity index (χ4v) is 3.02. The summed E-state index contributed by atoms with van der Waals surface area (Å²) in [5.74, 6) is -0.588. The van der Waals surface area contributed by atoms with E-state index in [2.05, 4.69) is 5.32 Å². The van der Waals surface area contributed by atoms with Gasteiger partial charge in [-0.3, -0.25) is 5.32 Å². The highest BCUT2D eigenvalue weighted by Gasteiger charge is 2.40. The minimum absolute atomic E-state index is 0.113.